The first-order valence-corrected chi connectivity index (χ1v) is 12.0. The van der Waals surface area contributed by atoms with Crippen LogP contribution >= 0.6 is 11.6 Å². The van der Waals surface area contributed by atoms with Crippen molar-refractivity contribution in [3.63, 3.8) is 0 Å². The Morgan fingerprint density at radius 1 is 1.09 bits per heavy atom. The topological polar surface area (TPSA) is 114 Å². The molecule has 0 atom stereocenters. The highest BCUT2D eigenvalue weighted by atomic mass is 35.5. The van der Waals surface area contributed by atoms with Crippen LogP contribution in [-0.4, -0.2) is 53.4 Å². The van der Waals surface area contributed by atoms with E-state index in [0.29, 0.717) is 47.8 Å². The van der Waals surface area contributed by atoms with Crippen LogP contribution in [0.4, 0.5) is 11.4 Å². The Hall–Kier alpha value is -3.43. The van der Waals surface area contributed by atoms with Crippen LogP contribution in [0, 0.1) is 5.92 Å². The summed E-state index contributed by atoms with van der Waals surface area (Å²) in [6.45, 7) is 1.27. The molecule has 10 heteroatoms. The normalized spacial score (nSPS) is 20.6. The predicted octanol–water partition coefficient (Wildman–Crippen LogP) is 4.09. The number of hydrogen-bond donors (Lipinski definition) is 2. The number of hydrogen-bond acceptors (Lipinski definition) is 6. The summed E-state index contributed by atoms with van der Waals surface area (Å²) in [7, 11) is 0. The number of ether oxygens (including phenoxy) is 1. The second-order valence-electron chi connectivity index (χ2n) is 8.76. The van der Waals surface area contributed by atoms with Crippen molar-refractivity contribution in [3.8, 4) is 0 Å². The average Bonchev–Trinajstić information content (AvgIpc) is 3.23. The van der Waals surface area contributed by atoms with Crippen LogP contribution in [-0.2, 0) is 14.3 Å². The van der Waals surface area contributed by atoms with E-state index >= 15 is 0 Å². The van der Waals surface area contributed by atoms with Gasteiger partial charge in [-0.25, -0.2) is 0 Å². The summed E-state index contributed by atoms with van der Waals surface area (Å²) in [6, 6.07) is 10.3. The number of fused-ring (bicyclic) bond motifs is 1. The Labute approximate surface area is 206 Å². The first-order valence-electron chi connectivity index (χ1n) is 11.6. The number of furan rings is 1. The molecule has 0 bridgehead atoms. The predicted molar refractivity (Wildman–Crippen MR) is 130 cm³/mol. The molecule has 3 heterocycles. The largest absolute Gasteiger partial charge is 0.447 e. The number of amides is 3. The van der Waals surface area contributed by atoms with E-state index in [-0.39, 0.29) is 41.8 Å². The zero-order chi connectivity index (χ0) is 24.4. The van der Waals surface area contributed by atoms with Gasteiger partial charge >= 0.3 is 0 Å². The van der Waals surface area contributed by atoms with Crippen LogP contribution in [0.5, 0.6) is 0 Å². The van der Waals surface area contributed by atoms with Crippen molar-refractivity contribution in [2.75, 3.05) is 30.4 Å². The van der Waals surface area contributed by atoms with Crippen LogP contribution in [0.15, 0.2) is 47.0 Å². The van der Waals surface area contributed by atoms with E-state index in [1.807, 2.05) is 4.90 Å². The fraction of sp³-hybridized carbons (Fsp3) is 0.360. The second-order valence-corrected chi connectivity index (χ2v) is 9.19. The van der Waals surface area contributed by atoms with Gasteiger partial charge in [-0.2, -0.15) is 0 Å². The summed E-state index contributed by atoms with van der Waals surface area (Å²) in [4.78, 5) is 44.6. The molecular formula is C25H25ClN4O5. The molecule has 1 aromatic carbocycles. The van der Waals surface area contributed by atoms with Crippen LogP contribution in [0.1, 0.15) is 36.2 Å². The fourth-order valence-corrected chi connectivity index (χ4v) is 4.94. The zero-order valence-electron chi connectivity index (χ0n) is 19.0. The molecule has 0 unspecified atom stereocenters. The minimum atomic E-state index is -0.518. The first kappa shape index (κ1) is 23.3. The molecule has 1 aliphatic heterocycles. The number of nitrogens with one attached hydrogen (secondary N) is 2. The maximum Gasteiger partial charge on any atom is 0.293 e. The first-order chi connectivity index (χ1) is 17.0. The third-order valence-electron chi connectivity index (χ3n) is 6.51. The van der Waals surface area contributed by atoms with Gasteiger partial charge in [-0.1, -0.05) is 17.7 Å². The van der Waals surface area contributed by atoms with E-state index in [1.165, 1.54) is 0 Å². The highest BCUT2D eigenvalue weighted by Crippen LogP contribution is 2.33. The Morgan fingerprint density at radius 2 is 1.91 bits per heavy atom. The SMILES string of the molecule is O=C(Nc1cccc(Cl)c1)c1oc2cccnc2c1NC(=O)[C@H]1CC[C@H](N2CCOCC2=O)CC1. The summed E-state index contributed by atoms with van der Waals surface area (Å²) in [5.74, 6) is -0.966. The van der Waals surface area contributed by atoms with Crippen molar-refractivity contribution < 1.29 is 23.5 Å². The van der Waals surface area contributed by atoms with Crippen LogP contribution < -0.4 is 10.6 Å². The number of anilines is 2. The third-order valence-corrected chi connectivity index (χ3v) is 6.75. The number of carbonyl (C=O) groups excluding carboxylic acids is 3. The molecule has 2 aliphatic rings. The van der Waals surface area contributed by atoms with Gasteiger partial charge < -0.3 is 24.7 Å². The molecule has 5 rings (SSSR count). The number of morpholine rings is 1. The van der Waals surface area contributed by atoms with Gasteiger partial charge in [0.25, 0.3) is 5.91 Å². The highest BCUT2D eigenvalue weighted by Gasteiger charge is 2.34. The monoisotopic (exact) mass is 496 g/mol. The number of pyridine rings is 1. The molecule has 1 saturated carbocycles. The molecule has 0 radical (unpaired) electrons. The maximum absolute atomic E-state index is 13.2. The van der Waals surface area contributed by atoms with Crippen molar-refractivity contribution in [2.24, 2.45) is 5.92 Å². The van der Waals surface area contributed by atoms with E-state index in [1.54, 1.807) is 42.6 Å². The molecule has 9 nitrogen and oxygen atoms in total. The van der Waals surface area contributed by atoms with Gasteiger partial charge in [0.05, 0.1) is 6.61 Å². The molecule has 3 aromatic rings. The highest BCUT2D eigenvalue weighted by molar-refractivity contribution is 6.31. The van der Waals surface area contributed by atoms with E-state index in [9.17, 15) is 14.4 Å². The van der Waals surface area contributed by atoms with Gasteiger partial charge in [-0.05, 0) is 56.0 Å². The van der Waals surface area contributed by atoms with E-state index in [0.717, 1.165) is 12.8 Å². The van der Waals surface area contributed by atoms with Crippen molar-refractivity contribution in [1.82, 2.24) is 9.88 Å². The molecule has 1 aliphatic carbocycles. The molecule has 182 valence electrons. The fourth-order valence-electron chi connectivity index (χ4n) is 4.75. The quantitative estimate of drug-likeness (QED) is 0.550. The van der Waals surface area contributed by atoms with Crippen LogP contribution in [0.2, 0.25) is 5.02 Å². The molecular weight excluding hydrogens is 472 g/mol. The third kappa shape index (κ3) is 5.01. The minimum Gasteiger partial charge on any atom is -0.447 e. The molecule has 35 heavy (non-hydrogen) atoms. The summed E-state index contributed by atoms with van der Waals surface area (Å²) < 4.78 is 11.0. The standard InChI is InChI=1S/C25H25ClN4O5/c26-16-3-1-4-17(13-16)28-25(33)23-22(21-19(35-23)5-2-10-27-21)29-24(32)15-6-8-18(9-7-15)30-11-12-34-14-20(30)31/h1-5,10,13,15,18H,6-9,11-12,14H2,(H,28,33)(H,29,32)/t15-,18-. The minimum absolute atomic E-state index is 0.00968. The molecule has 2 aromatic heterocycles. The molecule has 1 saturated heterocycles. The lowest BCUT2D eigenvalue weighted by molar-refractivity contribution is -0.146. The maximum atomic E-state index is 13.2. The van der Waals surface area contributed by atoms with Crippen LogP contribution in [0.25, 0.3) is 11.1 Å². The average molecular weight is 497 g/mol. The Kier molecular flexibility index (Phi) is 6.70. The van der Waals surface area contributed by atoms with Gasteiger partial charge in [0.1, 0.15) is 17.8 Å². The molecule has 3 amide bonds. The number of nitrogens with zero attached hydrogens (tertiary/aromatic N) is 2. The lowest BCUT2D eigenvalue weighted by Crippen LogP contribution is -2.49. The van der Waals surface area contributed by atoms with Gasteiger partial charge in [0, 0.05) is 35.4 Å². The summed E-state index contributed by atoms with van der Waals surface area (Å²) in [6.07, 6.45) is 4.37. The second kappa shape index (κ2) is 10.1. The van der Waals surface area contributed by atoms with Crippen molar-refractivity contribution in [2.45, 2.75) is 31.7 Å². The summed E-state index contributed by atoms with van der Waals surface area (Å²) >= 11 is 6.02. The molecule has 2 N–H and O–H groups in total. The molecule has 2 fully saturated rings. The molecule has 0 spiro atoms. The zero-order valence-corrected chi connectivity index (χ0v) is 19.7. The summed E-state index contributed by atoms with van der Waals surface area (Å²) in [5, 5.41) is 6.14. The Balaban J connectivity index is 1.31. The number of aromatic nitrogens is 1. The van der Waals surface area contributed by atoms with E-state index < -0.39 is 5.91 Å². The smallest absolute Gasteiger partial charge is 0.293 e. The van der Waals surface area contributed by atoms with Gasteiger partial charge in [-0.15, -0.1) is 0 Å². The van der Waals surface area contributed by atoms with E-state index in [4.69, 9.17) is 20.8 Å². The van der Waals surface area contributed by atoms with Crippen molar-refractivity contribution in [1.29, 1.82) is 0 Å². The Morgan fingerprint density at radius 3 is 2.69 bits per heavy atom. The van der Waals surface area contributed by atoms with Crippen LogP contribution in [0.3, 0.4) is 0 Å². The summed E-state index contributed by atoms with van der Waals surface area (Å²) in [5.41, 5.74) is 1.55. The lowest BCUT2D eigenvalue weighted by atomic mass is 9.84. The van der Waals surface area contributed by atoms with Crippen molar-refractivity contribution in [3.05, 3.63) is 53.4 Å². The number of halogens is 1. The van der Waals surface area contributed by atoms with Gasteiger partial charge in [-0.3, -0.25) is 19.4 Å². The number of carbonyl (C=O) groups is 3. The number of benzene rings is 1. The van der Waals surface area contributed by atoms with Gasteiger partial charge in [0.15, 0.2) is 5.58 Å². The van der Waals surface area contributed by atoms with Gasteiger partial charge in [0.2, 0.25) is 17.6 Å². The van der Waals surface area contributed by atoms with Crippen molar-refractivity contribution >= 4 is 51.8 Å². The lowest BCUT2D eigenvalue weighted by Gasteiger charge is -2.38. The number of rotatable bonds is 5. The Bertz CT molecular complexity index is 1270. The van der Waals surface area contributed by atoms with E-state index in [2.05, 4.69) is 15.6 Å².